The van der Waals surface area contributed by atoms with Gasteiger partial charge in [-0.05, 0) is 138 Å². The van der Waals surface area contributed by atoms with Gasteiger partial charge in [-0.15, -0.1) is 0 Å². The van der Waals surface area contributed by atoms with Crippen molar-refractivity contribution in [3.05, 3.63) is 204 Å². The van der Waals surface area contributed by atoms with Crippen molar-refractivity contribution in [1.29, 1.82) is 0 Å². The highest BCUT2D eigenvalue weighted by molar-refractivity contribution is 6.06. The van der Waals surface area contributed by atoms with Crippen LogP contribution in [-0.4, -0.2) is 0 Å². The second kappa shape index (κ2) is 12.2. The van der Waals surface area contributed by atoms with E-state index in [4.69, 9.17) is 4.42 Å². The molecule has 0 aliphatic heterocycles. The maximum absolute atomic E-state index is 6.44. The molecule has 2 aliphatic rings. The molecular formula is C51H38N2O. The quantitative estimate of drug-likeness (QED) is 0.173. The number of fused-ring (bicyclic) bond motifs is 8. The van der Waals surface area contributed by atoms with Gasteiger partial charge < -0.3 is 14.2 Å². The lowest BCUT2D eigenvalue weighted by molar-refractivity contribution is 0.507. The third-order valence-electron chi connectivity index (χ3n) is 12.0. The lowest BCUT2D eigenvalue weighted by Gasteiger charge is -2.31. The maximum atomic E-state index is 6.44. The lowest BCUT2D eigenvalue weighted by Crippen LogP contribution is -2.22. The Hall–Kier alpha value is -6.58. The summed E-state index contributed by atoms with van der Waals surface area (Å²) in [4.78, 5) is 4.82. The van der Waals surface area contributed by atoms with Gasteiger partial charge >= 0.3 is 0 Å². The SMILES string of the molecule is c1ccc(N(c2ccccc2)c2ccc3c(c2)[C@@]2(CC3)CCc3ccc(N(c4ccc5ccccc5c4)c4ccc5c(c4)oc4ccccc45)cc32)cc1. The molecule has 0 bridgehead atoms. The van der Waals surface area contributed by atoms with E-state index >= 15 is 0 Å². The number of para-hydroxylation sites is 3. The second-order valence-corrected chi connectivity index (χ2v) is 14.9. The topological polar surface area (TPSA) is 19.6 Å². The third-order valence-corrected chi connectivity index (χ3v) is 12.0. The first-order valence-corrected chi connectivity index (χ1v) is 19.1. The number of aryl methyl sites for hydroxylation is 2. The van der Waals surface area contributed by atoms with E-state index in [1.165, 1.54) is 44.4 Å². The molecule has 8 aromatic carbocycles. The predicted octanol–water partition coefficient (Wildman–Crippen LogP) is 13.9. The van der Waals surface area contributed by atoms with E-state index in [-0.39, 0.29) is 5.41 Å². The minimum atomic E-state index is -0.0342. The van der Waals surface area contributed by atoms with Crippen molar-refractivity contribution >= 4 is 66.8 Å². The van der Waals surface area contributed by atoms with Crippen molar-refractivity contribution in [2.24, 2.45) is 0 Å². The van der Waals surface area contributed by atoms with Crippen molar-refractivity contribution in [3.8, 4) is 0 Å². The summed E-state index contributed by atoms with van der Waals surface area (Å²) in [5.74, 6) is 0. The summed E-state index contributed by atoms with van der Waals surface area (Å²) < 4.78 is 6.44. The van der Waals surface area contributed by atoms with Crippen LogP contribution in [0.1, 0.15) is 35.1 Å². The van der Waals surface area contributed by atoms with Crippen molar-refractivity contribution in [1.82, 2.24) is 0 Å². The van der Waals surface area contributed by atoms with E-state index in [1.807, 2.05) is 6.07 Å². The Balaban J connectivity index is 1.06. The summed E-state index contributed by atoms with van der Waals surface area (Å²) in [6.45, 7) is 0. The molecule has 258 valence electrons. The molecule has 3 nitrogen and oxygen atoms in total. The summed E-state index contributed by atoms with van der Waals surface area (Å²) in [6.07, 6.45) is 4.42. The zero-order valence-corrected chi connectivity index (χ0v) is 30.0. The van der Waals surface area contributed by atoms with Crippen LogP contribution in [0, 0.1) is 0 Å². The van der Waals surface area contributed by atoms with Gasteiger partial charge in [-0.3, -0.25) is 0 Å². The summed E-state index contributed by atoms with van der Waals surface area (Å²) in [5.41, 5.74) is 14.6. The Morgan fingerprint density at radius 2 is 0.870 bits per heavy atom. The van der Waals surface area contributed by atoms with Gasteiger partial charge in [0, 0.05) is 56.4 Å². The number of anilines is 6. The molecule has 9 aromatic rings. The van der Waals surface area contributed by atoms with Gasteiger partial charge in [0.2, 0.25) is 0 Å². The molecule has 0 fully saturated rings. The number of hydrogen-bond acceptors (Lipinski definition) is 3. The van der Waals surface area contributed by atoms with Crippen molar-refractivity contribution in [2.45, 2.75) is 31.1 Å². The average Bonchev–Trinajstić information content (AvgIpc) is 3.92. The fourth-order valence-electron chi connectivity index (χ4n) is 9.46. The number of nitrogens with zero attached hydrogens (tertiary/aromatic N) is 2. The van der Waals surface area contributed by atoms with Gasteiger partial charge in [0.15, 0.2) is 0 Å². The van der Waals surface area contributed by atoms with Crippen LogP contribution in [0.15, 0.2) is 186 Å². The molecule has 11 rings (SSSR count). The molecule has 0 unspecified atom stereocenters. The zero-order chi connectivity index (χ0) is 35.6. The van der Waals surface area contributed by atoms with Crippen LogP contribution < -0.4 is 9.80 Å². The first kappa shape index (κ1) is 31.0. The minimum absolute atomic E-state index is 0.0342. The molecule has 2 aliphatic carbocycles. The molecule has 0 amide bonds. The molecule has 0 saturated heterocycles. The van der Waals surface area contributed by atoms with Gasteiger partial charge in [-0.25, -0.2) is 0 Å². The molecule has 1 spiro atoms. The number of benzene rings is 8. The van der Waals surface area contributed by atoms with E-state index in [0.29, 0.717) is 0 Å². The van der Waals surface area contributed by atoms with Crippen LogP contribution in [0.25, 0.3) is 32.7 Å². The molecule has 0 saturated carbocycles. The summed E-state index contributed by atoms with van der Waals surface area (Å²) in [5, 5.41) is 4.74. The highest BCUT2D eigenvalue weighted by Gasteiger charge is 2.45. The van der Waals surface area contributed by atoms with E-state index < -0.39 is 0 Å². The first-order valence-electron chi connectivity index (χ1n) is 19.1. The Labute approximate surface area is 315 Å². The monoisotopic (exact) mass is 694 g/mol. The van der Waals surface area contributed by atoms with Crippen LogP contribution in [0.4, 0.5) is 34.1 Å². The average molecular weight is 695 g/mol. The van der Waals surface area contributed by atoms with E-state index in [1.54, 1.807) is 0 Å². The highest BCUT2D eigenvalue weighted by Crippen LogP contribution is 2.55. The number of furan rings is 1. The Kier molecular flexibility index (Phi) is 7.03. The van der Waals surface area contributed by atoms with Crippen LogP contribution in [0.5, 0.6) is 0 Å². The molecule has 1 heterocycles. The highest BCUT2D eigenvalue weighted by atomic mass is 16.3. The minimum Gasteiger partial charge on any atom is -0.456 e. The van der Waals surface area contributed by atoms with Gasteiger partial charge in [0.1, 0.15) is 11.2 Å². The molecule has 1 aromatic heterocycles. The third kappa shape index (κ3) is 4.89. The van der Waals surface area contributed by atoms with Crippen LogP contribution >= 0.6 is 0 Å². The summed E-state index contributed by atoms with van der Waals surface area (Å²) in [7, 11) is 0. The van der Waals surface area contributed by atoms with Crippen LogP contribution in [-0.2, 0) is 18.3 Å². The largest absolute Gasteiger partial charge is 0.456 e. The van der Waals surface area contributed by atoms with Gasteiger partial charge in [0.05, 0.1) is 0 Å². The number of rotatable bonds is 6. The first-order chi connectivity index (χ1) is 26.7. The van der Waals surface area contributed by atoms with E-state index in [0.717, 1.165) is 70.4 Å². The Bertz CT molecular complexity index is 2810. The molecular weight excluding hydrogens is 657 g/mol. The fraction of sp³-hybridized carbons (Fsp3) is 0.0980. The summed E-state index contributed by atoms with van der Waals surface area (Å²) in [6, 6.07) is 66.4. The molecule has 0 radical (unpaired) electrons. The molecule has 1 atom stereocenters. The van der Waals surface area contributed by atoms with Gasteiger partial charge in [0.25, 0.3) is 0 Å². The van der Waals surface area contributed by atoms with Crippen LogP contribution in [0.2, 0.25) is 0 Å². The van der Waals surface area contributed by atoms with Gasteiger partial charge in [-0.1, -0.05) is 97.1 Å². The normalized spacial score (nSPS) is 15.9. The lowest BCUT2D eigenvalue weighted by atomic mass is 9.76. The summed E-state index contributed by atoms with van der Waals surface area (Å²) >= 11 is 0. The zero-order valence-electron chi connectivity index (χ0n) is 30.0. The van der Waals surface area contributed by atoms with Crippen LogP contribution in [0.3, 0.4) is 0 Å². The Morgan fingerprint density at radius 1 is 0.370 bits per heavy atom. The van der Waals surface area contributed by atoms with Crippen molar-refractivity contribution < 1.29 is 4.42 Å². The van der Waals surface area contributed by atoms with E-state index in [9.17, 15) is 0 Å². The van der Waals surface area contributed by atoms with Crippen molar-refractivity contribution in [2.75, 3.05) is 9.80 Å². The second-order valence-electron chi connectivity index (χ2n) is 14.9. The molecule has 3 heteroatoms. The Morgan fingerprint density at radius 3 is 1.56 bits per heavy atom. The standard InChI is InChI=1S/C51H38N2O/c1-3-13-39(14-4-1)52(40-15-5-2-6-16-40)42-23-20-36-27-29-51(47(36)32-42)30-28-37-21-24-43(33-48(37)51)53(41-22-19-35-11-7-8-12-38(35)31-41)44-25-26-46-45-17-9-10-18-49(45)54-50(46)34-44/h1-26,31-34H,27-30H2/t51-/m1/s1. The molecule has 54 heavy (non-hydrogen) atoms. The smallest absolute Gasteiger partial charge is 0.137 e. The predicted molar refractivity (Wildman–Crippen MR) is 224 cm³/mol. The fourth-order valence-corrected chi connectivity index (χ4v) is 9.46. The van der Waals surface area contributed by atoms with Gasteiger partial charge in [-0.2, -0.15) is 0 Å². The molecule has 0 N–H and O–H groups in total. The van der Waals surface area contributed by atoms with Crippen molar-refractivity contribution in [3.63, 3.8) is 0 Å². The number of hydrogen-bond donors (Lipinski definition) is 0. The van der Waals surface area contributed by atoms with E-state index in [2.05, 4.69) is 186 Å². The maximum Gasteiger partial charge on any atom is 0.137 e.